The highest BCUT2D eigenvalue weighted by atomic mass is 16.7. The molecule has 8 bridgehead atoms. The number of aromatic nitrogens is 4. The zero-order valence-electron chi connectivity index (χ0n) is 31.5. The Morgan fingerprint density at radius 3 is 0.817 bits per heavy atom. The summed E-state index contributed by atoms with van der Waals surface area (Å²) in [6.45, 7) is 0.674. The summed E-state index contributed by atoms with van der Waals surface area (Å²) in [5.41, 5.74) is 13.6. The van der Waals surface area contributed by atoms with Crippen LogP contribution in [0.3, 0.4) is 0 Å². The summed E-state index contributed by atoms with van der Waals surface area (Å²) in [7, 11) is 0. The molecule has 0 unspecified atom stereocenters. The third kappa shape index (κ3) is 5.17. The number of rotatable bonds is 4. The van der Waals surface area contributed by atoms with Crippen molar-refractivity contribution in [1.29, 1.82) is 0 Å². The second-order valence-corrected chi connectivity index (χ2v) is 14.8. The first-order valence-corrected chi connectivity index (χ1v) is 19.4. The third-order valence-corrected chi connectivity index (χ3v) is 11.4. The highest BCUT2D eigenvalue weighted by Crippen LogP contribution is 2.45. The maximum atomic E-state index is 5.87. The lowest BCUT2D eigenvalue weighted by Gasteiger charge is -2.08. The molecule has 12 heteroatoms. The summed E-state index contributed by atoms with van der Waals surface area (Å²) < 4.78 is 46.3. The third-order valence-electron chi connectivity index (χ3n) is 11.4. The monoisotopic (exact) mass is 790 g/mol. The summed E-state index contributed by atoms with van der Waals surface area (Å²) in [4.78, 5) is 18.4. The van der Waals surface area contributed by atoms with Crippen LogP contribution in [0.5, 0.6) is 46.0 Å². The molecule has 290 valence electrons. The molecule has 0 saturated heterocycles. The Morgan fingerprint density at radius 2 is 0.550 bits per heavy atom. The molecule has 3 aromatic heterocycles. The molecule has 7 aromatic rings. The van der Waals surface area contributed by atoms with Gasteiger partial charge in [-0.25, -0.2) is 9.97 Å². The maximum Gasteiger partial charge on any atom is 0.231 e. The van der Waals surface area contributed by atoms with E-state index in [2.05, 4.69) is 58.5 Å². The van der Waals surface area contributed by atoms with E-state index in [9.17, 15) is 0 Å². The van der Waals surface area contributed by atoms with Crippen LogP contribution < -0.4 is 37.9 Å². The highest BCUT2D eigenvalue weighted by molar-refractivity contribution is 6.00. The van der Waals surface area contributed by atoms with Gasteiger partial charge in [-0.3, -0.25) is 0 Å². The lowest BCUT2D eigenvalue weighted by molar-refractivity contribution is 0.173. The molecule has 12 nitrogen and oxygen atoms in total. The Bertz CT molecular complexity index is 2830. The van der Waals surface area contributed by atoms with E-state index in [4.69, 9.17) is 47.9 Å². The number of fused-ring (bicyclic) bond motifs is 12. The van der Waals surface area contributed by atoms with Crippen LogP contribution in [0.25, 0.3) is 90.9 Å². The normalized spacial score (nSPS) is 14.7. The van der Waals surface area contributed by atoms with Crippen molar-refractivity contribution in [2.24, 2.45) is 0 Å². The Kier molecular flexibility index (Phi) is 6.96. The first-order valence-electron chi connectivity index (χ1n) is 19.4. The number of H-pyrrole nitrogens is 2. The molecule has 0 atom stereocenters. The van der Waals surface area contributed by atoms with Crippen LogP contribution in [0, 0.1) is 0 Å². The molecule has 6 aliphatic rings. The Balaban J connectivity index is 1.16. The molecule has 2 N–H and O–H groups in total. The summed E-state index contributed by atoms with van der Waals surface area (Å²) in [6, 6.07) is 32.3. The molecule has 0 saturated carbocycles. The first-order chi connectivity index (χ1) is 29.7. The van der Waals surface area contributed by atoms with Gasteiger partial charge in [0.25, 0.3) is 0 Å². The molecule has 4 aromatic carbocycles. The van der Waals surface area contributed by atoms with Gasteiger partial charge in [0, 0.05) is 44.3 Å². The van der Waals surface area contributed by atoms with E-state index in [1.807, 2.05) is 72.8 Å². The van der Waals surface area contributed by atoms with Crippen molar-refractivity contribution >= 4 is 46.4 Å². The molecule has 9 heterocycles. The van der Waals surface area contributed by atoms with Gasteiger partial charge in [-0.05, 0) is 119 Å². The predicted molar refractivity (Wildman–Crippen MR) is 225 cm³/mol. The van der Waals surface area contributed by atoms with E-state index in [1.165, 1.54) is 0 Å². The van der Waals surface area contributed by atoms with E-state index in [-0.39, 0.29) is 27.2 Å². The van der Waals surface area contributed by atoms with E-state index >= 15 is 0 Å². The van der Waals surface area contributed by atoms with E-state index in [1.54, 1.807) is 0 Å². The summed E-state index contributed by atoms with van der Waals surface area (Å²) >= 11 is 0. The Hall–Kier alpha value is -8.12. The molecular formula is C48H30N4O8. The van der Waals surface area contributed by atoms with Gasteiger partial charge in [-0.2, -0.15) is 0 Å². The largest absolute Gasteiger partial charge is 0.454 e. The van der Waals surface area contributed by atoms with Gasteiger partial charge in [-0.15, -0.1) is 0 Å². The van der Waals surface area contributed by atoms with Crippen molar-refractivity contribution in [3.8, 4) is 90.5 Å². The summed E-state index contributed by atoms with van der Waals surface area (Å²) in [5.74, 6) is 5.49. The summed E-state index contributed by atoms with van der Waals surface area (Å²) in [5, 5.41) is 0. The molecule has 0 fully saturated rings. The fourth-order valence-electron chi connectivity index (χ4n) is 8.63. The minimum absolute atomic E-state index is 0.168. The molecule has 13 rings (SSSR count). The van der Waals surface area contributed by atoms with Gasteiger partial charge in [0.2, 0.25) is 27.2 Å². The van der Waals surface area contributed by atoms with E-state index in [0.29, 0.717) is 46.0 Å². The zero-order chi connectivity index (χ0) is 39.3. The second kappa shape index (κ2) is 12.7. The lowest BCUT2D eigenvalue weighted by atomic mass is 10.0. The fraction of sp³-hybridized carbons (Fsp3) is 0.0833. The van der Waals surface area contributed by atoms with Crippen molar-refractivity contribution < 1.29 is 37.9 Å². The molecule has 6 aliphatic heterocycles. The average molecular weight is 791 g/mol. The molecule has 60 heavy (non-hydrogen) atoms. The van der Waals surface area contributed by atoms with Crippen LogP contribution >= 0.6 is 0 Å². The predicted octanol–water partition coefficient (Wildman–Crippen LogP) is 10.2. The topological polar surface area (TPSA) is 131 Å². The maximum absolute atomic E-state index is 5.87. The van der Waals surface area contributed by atoms with Crippen LogP contribution in [0.2, 0.25) is 0 Å². The Morgan fingerprint density at radius 1 is 0.300 bits per heavy atom. The van der Waals surface area contributed by atoms with E-state index in [0.717, 1.165) is 89.4 Å². The molecule has 0 radical (unpaired) electrons. The number of benzene rings is 4. The van der Waals surface area contributed by atoms with Crippen LogP contribution in [0.4, 0.5) is 0 Å². The van der Waals surface area contributed by atoms with Gasteiger partial charge >= 0.3 is 0 Å². The first kappa shape index (κ1) is 32.9. The van der Waals surface area contributed by atoms with Crippen molar-refractivity contribution in [1.82, 2.24) is 19.9 Å². The minimum atomic E-state index is 0.168. The van der Waals surface area contributed by atoms with Gasteiger partial charge in [-0.1, -0.05) is 24.3 Å². The van der Waals surface area contributed by atoms with Gasteiger partial charge in [0.15, 0.2) is 46.0 Å². The molecule has 0 aliphatic carbocycles. The van der Waals surface area contributed by atoms with Crippen molar-refractivity contribution in [3.63, 3.8) is 0 Å². The standard InChI is InChI=1S/C48H30N4O8/c1-13-37-41(57-21-53-37)17-25(1)45-29-5-7-31(49-29)46(26-2-14-38-42(18-26)58-22-54-38)33-9-11-35(51-33)48(28-4-16-40-44(20-28)60-24-56-40)36-12-10-34(52-36)47(32-8-6-30(45)50-32)27-3-15-39-43(19-27)59-23-55-39/h1-20,49,52H,21-24H2. The number of nitrogens with zero attached hydrogens (tertiary/aromatic N) is 2. The zero-order valence-corrected chi connectivity index (χ0v) is 31.5. The smallest absolute Gasteiger partial charge is 0.231 e. The number of hydrogen-bond acceptors (Lipinski definition) is 10. The van der Waals surface area contributed by atoms with Gasteiger partial charge in [0.1, 0.15) is 0 Å². The second-order valence-electron chi connectivity index (χ2n) is 14.8. The number of nitrogens with one attached hydrogen (secondary N) is 2. The Labute approximate surface area is 340 Å². The quantitative estimate of drug-likeness (QED) is 0.178. The lowest BCUT2D eigenvalue weighted by Crippen LogP contribution is -1.93. The van der Waals surface area contributed by atoms with Crippen LogP contribution in [-0.2, 0) is 0 Å². The van der Waals surface area contributed by atoms with Crippen molar-refractivity contribution in [3.05, 3.63) is 120 Å². The number of hydrogen-bond donors (Lipinski definition) is 2. The minimum Gasteiger partial charge on any atom is -0.454 e. The number of aromatic amines is 2. The molecule has 0 spiro atoms. The molecular weight excluding hydrogens is 761 g/mol. The van der Waals surface area contributed by atoms with E-state index < -0.39 is 0 Å². The van der Waals surface area contributed by atoms with Gasteiger partial charge < -0.3 is 47.9 Å². The van der Waals surface area contributed by atoms with Crippen LogP contribution in [0.15, 0.2) is 97.1 Å². The number of ether oxygens (including phenoxy) is 8. The van der Waals surface area contributed by atoms with Gasteiger partial charge in [0.05, 0.1) is 22.8 Å². The summed E-state index contributed by atoms with van der Waals surface area (Å²) in [6.07, 6.45) is 8.23. The highest BCUT2D eigenvalue weighted by Gasteiger charge is 2.24. The fourth-order valence-corrected chi connectivity index (χ4v) is 8.63. The van der Waals surface area contributed by atoms with Crippen LogP contribution in [-0.4, -0.2) is 47.1 Å². The van der Waals surface area contributed by atoms with Crippen LogP contribution in [0.1, 0.15) is 22.8 Å². The SMILES string of the molecule is C1=Cc2nc1c(-c1ccc3c(c1)OCO3)c1ccc([nH]1)c(-c1ccc3c(c1)OCO3)c1nc(c(-c3ccc4c(c3)OCO4)c3ccc([nH]3)c2-c2ccc3c(c2)OCO3)C=C1. The van der Waals surface area contributed by atoms with Crippen molar-refractivity contribution in [2.75, 3.05) is 27.2 Å². The average Bonchev–Trinajstić information content (AvgIpc) is 4.12. The van der Waals surface area contributed by atoms with Crippen molar-refractivity contribution in [2.45, 2.75) is 0 Å². The molecule has 0 amide bonds.